The van der Waals surface area contributed by atoms with Gasteiger partial charge in [-0.3, -0.25) is 4.79 Å². The Bertz CT molecular complexity index is 2000. The Labute approximate surface area is 239 Å². The third-order valence-electron chi connectivity index (χ3n) is 7.33. The number of likely N-dealkylation sites (tertiary alicyclic amines) is 1. The summed E-state index contributed by atoms with van der Waals surface area (Å²) in [6.07, 6.45) is 1.70. The lowest BCUT2D eigenvalue weighted by molar-refractivity contribution is -0.144. The zero-order valence-electron chi connectivity index (χ0n) is 22.8. The number of methoxy groups -OCH3 is 1. The molecule has 3 aromatic heterocycles. The van der Waals surface area contributed by atoms with Gasteiger partial charge in [0.15, 0.2) is 11.5 Å². The maximum atomic E-state index is 14.0. The molecule has 1 aliphatic heterocycles. The van der Waals surface area contributed by atoms with Crippen molar-refractivity contribution in [3.8, 4) is 22.4 Å². The van der Waals surface area contributed by atoms with E-state index in [0.29, 0.717) is 34.5 Å². The maximum absolute atomic E-state index is 14.0. The summed E-state index contributed by atoms with van der Waals surface area (Å²) in [5.74, 6) is -1.24. The van der Waals surface area contributed by atoms with Crippen LogP contribution in [0.15, 0.2) is 75.4 Å². The number of esters is 1. The number of aliphatic hydroxyl groups is 1. The minimum atomic E-state index is -4.33. The Morgan fingerprint density at radius 3 is 2.64 bits per heavy atom. The number of benzene rings is 2. The molecule has 1 fully saturated rings. The van der Waals surface area contributed by atoms with Gasteiger partial charge in [-0.1, -0.05) is 35.5 Å². The van der Waals surface area contributed by atoms with Crippen LogP contribution in [0.2, 0.25) is 0 Å². The number of likely N-dealkylation sites (N-methyl/N-ethyl adjacent to an activating group) is 1. The van der Waals surface area contributed by atoms with Gasteiger partial charge in [0.05, 0.1) is 23.0 Å². The van der Waals surface area contributed by atoms with Gasteiger partial charge in [0.1, 0.15) is 5.69 Å². The van der Waals surface area contributed by atoms with Gasteiger partial charge in [-0.25, -0.2) is 23.2 Å². The highest BCUT2D eigenvalue weighted by Gasteiger charge is 2.48. The molecule has 6 rings (SSSR count). The third kappa shape index (κ3) is 4.33. The number of nitrogens with zero attached hydrogens (tertiary/aromatic N) is 4. The lowest BCUT2D eigenvalue weighted by Crippen LogP contribution is -2.35. The monoisotopic (exact) mass is 587 g/mol. The van der Waals surface area contributed by atoms with Gasteiger partial charge in [0.2, 0.25) is 15.4 Å². The number of rotatable bonds is 6. The van der Waals surface area contributed by atoms with E-state index >= 15 is 0 Å². The zero-order chi connectivity index (χ0) is 29.8. The summed E-state index contributed by atoms with van der Waals surface area (Å²) in [5.41, 5.74) is 1.06. The standard InChI is InChI=1S/C29H25N5O7S/c1-16-7-8-19(22(13-16)42(38,39)28-31-20-9-11-30-24(20)25(32-28)26(35)40-3)17-5-4-6-18(14-17)21-15-23(41-33-21)29(37)10-12-34(2)27(29)36/h4-9,11,13-15,30,37H,10,12H2,1-3H3/t29-/m1/s1. The van der Waals surface area contributed by atoms with Gasteiger partial charge in [0, 0.05) is 43.4 Å². The van der Waals surface area contributed by atoms with Gasteiger partial charge < -0.3 is 24.3 Å². The van der Waals surface area contributed by atoms with Crippen molar-refractivity contribution in [2.24, 2.45) is 0 Å². The molecule has 0 unspecified atom stereocenters. The molecule has 42 heavy (non-hydrogen) atoms. The average Bonchev–Trinajstić information content (AvgIpc) is 3.74. The molecule has 0 saturated carbocycles. The highest BCUT2D eigenvalue weighted by Crippen LogP contribution is 2.37. The van der Waals surface area contributed by atoms with Crippen LogP contribution in [0.1, 0.15) is 28.2 Å². The first kappa shape index (κ1) is 27.3. The number of hydrogen-bond donors (Lipinski definition) is 2. The number of aryl methyl sites for hydroxylation is 1. The van der Waals surface area contributed by atoms with Gasteiger partial charge >= 0.3 is 5.97 Å². The molecule has 214 valence electrons. The van der Waals surface area contributed by atoms with Crippen LogP contribution in [-0.2, 0) is 25.0 Å². The molecule has 1 aliphatic rings. The number of sulfone groups is 1. The summed E-state index contributed by atoms with van der Waals surface area (Å²) in [6, 6.07) is 15.0. The summed E-state index contributed by atoms with van der Waals surface area (Å²) < 4.78 is 38.3. The van der Waals surface area contributed by atoms with Crippen LogP contribution >= 0.6 is 0 Å². The van der Waals surface area contributed by atoms with Gasteiger partial charge in [-0.05, 0) is 36.2 Å². The number of fused-ring (bicyclic) bond motifs is 1. The average molecular weight is 588 g/mol. The maximum Gasteiger partial charge on any atom is 0.359 e. The zero-order valence-corrected chi connectivity index (χ0v) is 23.6. The summed E-state index contributed by atoms with van der Waals surface area (Å²) >= 11 is 0. The van der Waals surface area contributed by atoms with Crippen LogP contribution in [0.5, 0.6) is 0 Å². The molecule has 4 heterocycles. The molecular formula is C29H25N5O7S. The van der Waals surface area contributed by atoms with E-state index in [2.05, 4.69) is 20.1 Å². The molecule has 2 N–H and O–H groups in total. The predicted molar refractivity (Wildman–Crippen MR) is 149 cm³/mol. The van der Waals surface area contributed by atoms with Crippen LogP contribution < -0.4 is 0 Å². The van der Waals surface area contributed by atoms with Crippen LogP contribution in [-0.4, -0.2) is 71.1 Å². The molecule has 2 aromatic carbocycles. The molecule has 1 amide bonds. The fraction of sp³-hybridized carbons (Fsp3) is 0.207. The van der Waals surface area contributed by atoms with Crippen LogP contribution in [0.25, 0.3) is 33.4 Å². The second-order valence-corrected chi connectivity index (χ2v) is 11.9. The Morgan fingerprint density at radius 1 is 1.12 bits per heavy atom. The molecular weight excluding hydrogens is 562 g/mol. The second kappa shape index (κ2) is 9.89. The predicted octanol–water partition coefficient (Wildman–Crippen LogP) is 3.26. The topological polar surface area (TPSA) is 169 Å². The van der Waals surface area contributed by atoms with Crippen LogP contribution in [0, 0.1) is 6.92 Å². The number of aromatic nitrogens is 4. The molecule has 0 aliphatic carbocycles. The van der Waals surface area contributed by atoms with Crippen LogP contribution in [0.4, 0.5) is 0 Å². The fourth-order valence-corrected chi connectivity index (χ4v) is 6.45. The minimum Gasteiger partial charge on any atom is -0.464 e. The van der Waals surface area contributed by atoms with Crippen molar-refractivity contribution in [2.45, 2.75) is 29.0 Å². The Balaban J connectivity index is 1.44. The molecule has 12 nitrogen and oxygen atoms in total. The first-order valence-corrected chi connectivity index (χ1v) is 14.4. The first-order valence-electron chi connectivity index (χ1n) is 12.9. The number of ether oxygens (including phenoxy) is 1. The van der Waals surface area contributed by atoms with Crippen LogP contribution in [0.3, 0.4) is 0 Å². The molecule has 13 heteroatoms. The van der Waals surface area contributed by atoms with E-state index in [1.807, 2.05) is 0 Å². The van der Waals surface area contributed by atoms with Crippen molar-refractivity contribution in [3.63, 3.8) is 0 Å². The molecule has 0 spiro atoms. The second-order valence-electron chi connectivity index (χ2n) is 10.1. The van der Waals surface area contributed by atoms with Crippen molar-refractivity contribution in [1.29, 1.82) is 0 Å². The van der Waals surface area contributed by atoms with Crippen molar-refractivity contribution in [1.82, 2.24) is 25.0 Å². The lowest BCUT2D eigenvalue weighted by Gasteiger charge is -2.16. The van der Waals surface area contributed by atoms with Crippen molar-refractivity contribution < 1.29 is 32.4 Å². The SMILES string of the molecule is COC(=O)c1nc(S(=O)(=O)c2cc(C)ccc2-c2cccc(-c3cc([C@]4(O)CCN(C)C4=O)on3)c2)nc2cc[nH]c12. The number of carbonyl (C=O) groups is 2. The smallest absolute Gasteiger partial charge is 0.359 e. The summed E-state index contributed by atoms with van der Waals surface area (Å²) in [5, 5.41) is 14.5. The number of H-pyrrole nitrogens is 1. The number of amides is 1. The quantitative estimate of drug-likeness (QED) is 0.222. The summed E-state index contributed by atoms with van der Waals surface area (Å²) in [4.78, 5) is 37.5. The van der Waals surface area contributed by atoms with E-state index in [0.717, 1.165) is 0 Å². The molecule has 1 atom stereocenters. The van der Waals surface area contributed by atoms with Gasteiger partial charge in [0.25, 0.3) is 11.1 Å². The number of aromatic amines is 1. The largest absolute Gasteiger partial charge is 0.464 e. The minimum absolute atomic E-state index is 0.0366. The van der Waals surface area contributed by atoms with E-state index in [4.69, 9.17) is 9.26 Å². The van der Waals surface area contributed by atoms with Crippen molar-refractivity contribution in [2.75, 3.05) is 20.7 Å². The van der Waals surface area contributed by atoms with E-state index in [1.165, 1.54) is 30.3 Å². The Hall–Kier alpha value is -4.88. The Morgan fingerprint density at radius 2 is 1.90 bits per heavy atom. The normalized spacial score (nSPS) is 17.2. The Kier molecular flexibility index (Phi) is 6.43. The van der Waals surface area contributed by atoms with Crippen molar-refractivity contribution in [3.05, 3.63) is 77.8 Å². The molecule has 0 radical (unpaired) electrons. The third-order valence-corrected chi connectivity index (χ3v) is 8.91. The van der Waals surface area contributed by atoms with E-state index in [1.54, 1.807) is 56.4 Å². The number of nitrogens with one attached hydrogen (secondary N) is 1. The highest BCUT2D eigenvalue weighted by atomic mass is 32.2. The van der Waals surface area contributed by atoms with Crippen molar-refractivity contribution >= 4 is 32.7 Å². The first-order chi connectivity index (χ1) is 20.0. The number of carbonyl (C=O) groups excluding carboxylic acids is 2. The summed E-state index contributed by atoms with van der Waals surface area (Å²) in [7, 11) is -1.55. The molecule has 0 bridgehead atoms. The lowest BCUT2D eigenvalue weighted by atomic mass is 9.97. The van der Waals surface area contributed by atoms with E-state index in [-0.39, 0.29) is 33.8 Å². The fourth-order valence-electron chi connectivity index (χ4n) is 5.01. The highest BCUT2D eigenvalue weighted by molar-refractivity contribution is 7.91. The molecule has 1 saturated heterocycles. The van der Waals surface area contributed by atoms with Gasteiger partial charge in [-0.2, -0.15) is 0 Å². The molecule has 5 aromatic rings. The van der Waals surface area contributed by atoms with Gasteiger partial charge in [-0.15, -0.1) is 0 Å². The summed E-state index contributed by atoms with van der Waals surface area (Å²) in [6.45, 7) is 2.14. The van der Waals surface area contributed by atoms with E-state index < -0.39 is 32.5 Å². The number of hydrogen-bond acceptors (Lipinski definition) is 10. The van der Waals surface area contributed by atoms with E-state index in [9.17, 15) is 23.1 Å².